The van der Waals surface area contributed by atoms with Crippen molar-refractivity contribution in [3.63, 3.8) is 0 Å². The van der Waals surface area contributed by atoms with E-state index in [1.807, 2.05) is 37.3 Å². The van der Waals surface area contributed by atoms with E-state index < -0.39 is 16.1 Å². The van der Waals surface area contributed by atoms with Crippen LogP contribution in [0.5, 0.6) is 0 Å². The van der Waals surface area contributed by atoms with E-state index in [2.05, 4.69) is 15.5 Å². The monoisotopic (exact) mass is 440 g/mol. The second-order valence-electron chi connectivity index (χ2n) is 6.57. The molecule has 1 aliphatic rings. The zero-order valence-electron chi connectivity index (χ0n) is 15.7. The molecule has 0 radical (unpaired) electrons. The summed E-state index contributed by atoms with van der Waals surface area (Å²) in [5.41, 5.74) is 1.19. The Morgan fingerprint density at radius 1 is 1.29 bits per heavy atom. The number of nitrogens with zero attached hydrogens (tertiary/aromatic N) is 3. The number of piperidine rings is 1. The Labute approximate surface area is 174 Å². The maximum absolute atomic E-state index is 12.7. The molecule has 2 aromatic rings. The van der Waals surface area contributed by atoms with E-state index in [0.29, 0.717) is 24.5 Å². The van der Waals surface area contributed by atoms with Crippen molar-refractivity contribution in [3.8, 4) is 0 Å². The number of benzene rings is 1. The Balaban J connectivity index is 1.61. The lowest BCUT2D eigenvalue weighted by molar-refractivity contribution is -0.120. The molecule has 1 atom stereocenters. The smallest absolute Gasteiger partial charge is 0.244 e. The summed E-state index contributed by atoms with van der Waals surface area (Å²) < 4.78 is 27.1. The predicted molar refractivity (Wildman–Crippen MR) is 113 cm³/mol. The van der Waals surface area contributed by atoms with Gasteiger partial charge in [0, 0.05) is 12.3 Å². The van der Waals surface area contributed by atoms with Crippen LogP contribution in [0.1, 0.15) is 38.2 Å². The van der Waals surface area contributed by atoms with E-state index in [4.69, 9.17) is 0 Å². The molecular weight excluding hydrogens is 416 g/mol. The average molecular weight is 441 g/mol. The highest BCUT2D eigenvalue weighted by Gasteiger charge is 2.36. The highest BCUT2D eigenvalue weighted by Crippen LogP contribution is 2.29. The van der Waals surface area contributed by atoms with Gasteiger partial charge >= 0.3 is 0 Å². The van der Waals surface area contributed by atoms with Crippen molar-refractivity contribution in [2.45, 2.75) is 48.7 Å². The number of rotatable bonds is 8. The summed E-state index contributed by atoms with van der Waals surface area (Å²) in [6, 6.07) is 9.38. The van der Waals surface area contributed by atoms with Crippen LogP contribution in [0.2, 0.25) is 0 Å². The molecule has 0 aliphatic carbocycles. The summed E-state index contributed by atoms with van der Waals surface area (Å²) in [4.78, 5) is 12.7. The van der Waals surface area contributed by atoms with Crippen molar-refractivity contribution in [2.75, 3.05) is 17.6 Å². The van der Waals surface area contributed by atoms with Gasteiger partial charge in [-0.1, -0.05) is 66.8 Å². The van der Waals surface area contributed by atoms with E-state index in [0.717, 1.165) is 22.9 Å². The van der Waals surface area contributed by atoms with Crippen molar-refractivity contribution in [1.29, 1.82) is 0 Å². The van der Waals surface area contributed by atoms with Gasteiger partial charge in [0.05, 0.1) is 5.75 Å². The number of hydrogen-bond donors (Lipinski definition) is 1. The van der Waals surface area contributed by atoms with Crippen LogP contribution in [0.4, 0.5) is 5.13 Å². The summed E-state index contributed by atoms with van der Waals surface area (Å²) in [5.74, 6) is 0.514. The highest BCUT2D eigenvalue weighted by molar-refractivity contribution is 8.00. The van der Waals surface area contributed by atoms with Crippen LogP contribution in [-0.2, 0) is 20.6 Å². The molecule has 0 bridgehead atoms. The van der Waals surface area contributed by atoms with Gasteiger partial charge in [0.2, 0.25) is 21.1 Å². The van der Waals surface area contributed by atoms with E-state index in [-0.39, 0.29) is 11.7 Å². The van der Waals surface area contributed by atoms with Crippen LogP contribution in [0.3, 0.4) is 0 Å². The van der Waals surface area contributed by atoms with E-state index in [1.54, 1.807) is 11.8 Å². The Morgan fingerprint density at radius 3 is 2.82 bits per heavy atom. The molecule has 28 heavy (non-hydrogen) atoms. The number of amides is 1. The molecule has 1 saturated heterocycles. The van der Waals surface area contributed by atoms with Crippen LogP contribution in [0.15, 0.2) is 34.7 Å². The summed E-state index contributed by atoms with van der Waals surface area (Å²) in [6.45, 7) is 2.22. The first-order valence-electron chi connectivity index (χ1n) is 9.30. The standard InChI is InChI=1S/C18H24N4O3S3/c1-2-12-28(24,25)22-11-7-6-10-15(22)16(23)19-17-20-21-18(27-17)26-13-14-8-4-3-5-9-14/h3-5,8-9,15H,2,6-7,10-13H2,1H3,(H,19,20,23). The van der Waals surface area contributed by atoms with Gasteiger partial charge in [0.25, 0.3) is 0 Å². The zero-order chi connectivity index (χ0) is 20.0. The Hall–Kier alpha value is -1.49. The molecule has 1 N–H and O–H groups in total. The number of anilines is 1. The lowest BCUT2D eigenvalue weighted by Crippen LogP contribution is -2.50. The zero-order valence-corrected chi connectivity index (χ0v) is 18.2. The molecule has 1 aliphatic heterocycles. The Morgan fingerprint density at radius 2 is 2.07 bits per heavy atom. The van der Waals surface area contributed by atoms with Crippen LogP contribution < -0.4 is 5.32 Å². The summed E-state index contributed by atoms with van der Waals surface area (Å²) in [5, 5.41) is 11.3. The molecule has 3 rings (SSSR count). The molecule has 1 aromatic carbocycles. The van der Waals surface area contributed by atoms with Crippen LogP contribution in [-0.4, -0.2) is 47.2 Å². The minimum atomic E-state index is -3.42. The lowest BCUT2D eigenvalue weighted by Gasteiger charge is -2.33. The van der Waals surface area contributed by atoms with Gasteiger partial charge < -0.3 is 0 Å². The minimum absolute atomic E-state index is 0.0653. The van der Waals surface area contributed by atoms with Crippen molar-refractivity contribution in [2.24, 2.45) is 0 Å². The molecule has 2 heterocycles. The molecule has 10 heteroatoms. The van der Waals surface area contributed by atoms with Crippen molar-refractivity contribution < 1.29 is 13.2 Å². The lowest BCUT2D eigenvalue weighted by atomic mass is 10.0. The number of carbonyl (C=O) groups is 1. The molecule has 0 saturated carbocycles. The van der Waals surface area contributed by atoms with Gasteiger partial charge in [-0.05, 0) is 24.8 Å². The topological polar surface area (TPSA) is 92.3 Å². The van der Waals surface area contributed by atoms with Crippen LogP contribution in [0, 0.1) is 0 Å². The highest BCUT2D eigenvalue weighted by atomic mass is 32.2. The number of hydrogen-bond acceptors (Lipinski definition) is 7. The molecule has 7 nitrogen and oxygen atoms in total. The number of thioether (sulfide) groups is 1. The largest absolute Gasteiger partial charge is 0.299 e. The Kier molecular flexibility index (Phi) is 7.44. The van der Waals surface area contributed by atoms with Gasteiger partial charge in [-0.2, -0.15) is 4.31 Å². The SMILES string of the molecule is CCCS(=O)(=O)N1CCCCC1C(=O)Nc1nnc(SCc2ccccc2)s1. The maximum Gasteiger partial charge on any atom is 0.244 e. The first-order chi connectivity index (χ1) is 13.5. The quantitative estimate of drug-likeness (QED) is 0.500. The average Bonchev–Trinajstić information content (AvgIpc) is 3.14. The summed E-state index contributed by atoms with van der Waals surface area (Å²) in [7, 11) is -3.42. The summed E-state index contributed by atoms with van der Waals surface area (Å²) >= 11 is 2.86. The first kappa shape index (κ1) is 21.2. The van der Waals surface area contributed by atoms with E-state index >= 15 is 0 Å². The summed E-state index contributed by atoms with van der Waals surface area (Å²) in [6.07, 6.45) is 2.69. The Bertz CT molecular complexity index is 886. The molecule has 152 valence electrons. The van der Waals surface area contributed by atoms with Crippen molar-refractivity contribution >= 4 is 44.2 Å². The second kappa shape index (κ2) is 9.82. The first-order valence-corrected chi connectivity index (χ1v) is 12.7. The van der Waals surface area contributed by atoms with Crippen molar-refractivity contribution in [3.05, 3.63) is 35.9 Å². The molecule has 1 amide bonds. The molecular formula is C18H24N4O3S3. The second-order valence-corrected chi connectivity index (χ2v) is 10.8. The van der Waals surface area contributed by atoms with Gasteiger partial charge in [-0.25, -0.2) is 8.42 Å². The van der Waals surface area contributed by atoms with Gasteiger partial charge in [0.1, 0.15) is 6.04 Å². The van der Waals surface area contributed by atoms with E-state index in [9.17, 15) is 13.2 Å². The van der Waals surface area contributed by atoms with Crippen molar-refractivity contribution in [1.82, 2.24) is 14.5 Å². The molecule has 1 fully saturated rings. The number of sulfonamides is 1. The van der Waals surface area contributed by atoms with Gasteiger partial charge in [-0.3, -0.25) is 10.1 Å². The van der Waals surface area contributed by atoms with Gasteiger partial charge in [-0.15, -0.1) is 10.2 Å². The van der Waals surface area contributed by atoms with Gasteiger partial charge in [0.15, 0.2) is 4.34 Å². The van der Waals surface area contributed by atoms with Crippen LogP contribution in [0.25, 0.3) is 0 Å². The van der Waals surface area contributed by atoms with E-state index in [1.165, 1.54) is 21.2 Å². The molecule has 1 aromatic heterocycles. The third-order valence-electron chi connectivity index (χ3n) is 4.42. The fraction of sp³-hybridized carbons (Fsp3) is 0.500. The molecule has 0 spiro atoms. The fourth-order valence-corrected chi connectivity index (χ4v) is 6.56. The predicted octanol–water partition coefficient (Wildman–Crippen LogP) is 3.36. The minimum Gasteiger partial charge on any atom is -0.299 e. The fourth-order valence-electron chi connectivity index (χ4n) is 3.10. The number of nitrogens with one attached hydrogen (secondary N) is 1. The molecule has 1 unspecified atom stereocenters. The van der Waals surface area contributed by atoms with Crippen LogP contribution >= 0.6 is 23.1 Å². The third kappa shape index (κ3) is 5.53. The normalized spacial score (nSPS) is 18.1. The number of aromatic nitrogens is 2. The number of carbonyl (C=O) groups excluding carboxylic acids is 1. The third-order valence-corrected chi connectivity index (χ3v) is 8.54. The maximum atomic E-state index is 12.7.